The van der Waals surface area contributed by atoms with Gasteiger partial charge in [0.25, 0.3) is 0 Å². The third-order valence-corrected chi connectivity index (χ3v) is 7.34. The summed E-state index contributed by atoms with van der Waals surface area (Å²) in [6, 6.07) is 8.98. The highest BCUT2D eigenvalue weighted by atomic mass is 16.5. The number of nitrogens with zero attached hydrogens (tertiary/aromatic N) is 2. The Morgan fingerprint density at radius 1 is 1.19 bits per heavy atom. The van der Waals surface area contributed by atoms with E-state index in [1.54, 1.807) is 31.9 Å². The minimum absolute atomic E-state index is 0.0609. The first-order valence-corrected chi connectivity index (χ1v) is 13.5. The standard InChI is InChI=1S/C30H47N3O4/c1-10-37-29(36)21(4)18-24(20(2)3)33(9)28(35)26(30(5,6)7)31-27(34)25-19-23(16-17-32(25)8)22-14-12-11-13-15-22/h11-15,18,20,23-26H,10,16-17,19H2,1-9H3,(H,31,34)/b21-18+/t23-,24+,25?,26?/m0/s1. The highest BCUT2D eigenvalue weighted by Crippen LogP contribution is 2.31. The number of carbonyl (C=O) groups is 3. The number of esters is 1. The summed E-state index contributed by atoms with van der Waals surface area (Å²) in [7, 11) is 3.72. The van der Waals surface area contributed by atoms with Crippen molar-refractivity contribution in [3.05, 3.63) is 47.5 Å². The van der Waals surface area contributed by atoms with Crippen molar-refractivity contribution in [3.63, 3.8) is 0 Å². The van der Waals surface area contributed by atoms with Gasteiger partial charge < -0.3 is 15.0 Å². The monoisotopic (exact) mass is 513 g/mol. The fourth-order valence-electron chi connectivity index (χ4n) is 4.98. The predicted molar refractivity (Wildman–Crippen MR) is 148 cm³/mol. The highest BCUT2D eigenvalue weighted by molar-refractivity contribution is 5.91. The third-order valence-electron chi connectivity index (χ3n) is 7.34. The number of likely N-dealkylation sites (tertiary alicyclic amines) is 1. The molecule has 1 aliphatic rings. The maximum absolute atomic E-state index is 13.9. The number of rotatable bonds is 9. The molecule has 0 spiro atoms. The quantitative estimate of drug-likeness (QED) is 0.391. The van der Waals surface area contributed by atoms with Crippen molar-refractivity contribution in [2.24, 2.45) is 11.3 Å². The van der Waals surface area contributed by atoms with Crippen molar-refractivity contribution in [1.82, 2.24) is 15.1 Å². The summed E-state index contributed by atoms with van der Waals surface area (Å²) in [5.41, 5.74) is 1.21. The number of hydrogen-bond acceptors (Lipinski definition) is 5. The van der Waals surface area contributed by atoms with Crippen molar-refractivity contribution in [1.29, 1.82) is 0 Å². The Hall–Kier alpha value is -2.67. The average molecular weight is 514 g/mol. The van der Waals surface area contributed by atoms with Gasteiger partial charge in [-0.1, -0.05) is 71.0 Å². The van der Waals surface area contributed by atoms with Gasteiger partial charge in [0.15, 0.2) is 0 Å². The summed E-state index contributed by atoms with van der Waals surface area (Å²) in [4.78, 5) is 43.4. The molecule has 1 saturated heterocycles. The molecule has 0 radical (unpaired) electrons. The summed E-state index contributed by atoms with van der Waals surface area (Å²) < 4.78 is 5.12. The number of amides is 2. The van der Waals surface area contributed by atoms with Crippen molar-refractivity contribution in [3.8, 4) is 0 Å². The lowest BCUT2D eigenvalue weighted by atomic mass is 9.83. The van der Waals surface area contributed by atoms with Gasteiger partial charge in [-0.05, 0) is 63.1 Å². The molecule has 2 unspecified atom stereocenters. The van der Waals surface area contributed by atoms with Crippen LogP contribution in [0.15, 0.2) is 42.0 Å². The number of nitrogens with one attached hydrogen (secondary N) is 1. The largest absolute Gasteiger partial charge is 0.463 e. The summed E-state index contributed by atoms with van der Waals surface area (Å²) in [5.74, 6) is -0.315. The molecule has 4 atom stereocenters. The molecule has 1 N–H and O–H groups in total. The molecule has 2 amide bonds. The maximum Gasteiger partial charge on any atom is 0.333 e. The van der Waals surface area contributed by atoms with Crippen LogP contribution in [0.3, 0.4) is 0 Å². The fraction of sp³-hybridized carbons (Fsp3) is 0.633. The molecule has 37 heavy (non-hydrogen) atoms. The van der Waals surface area contributed by atoms with Gasteiger partial charge in [0.05, 0.1) is 18.7 Å². The van der Waals surface area contributed by atoms with Crippen molar-refractivity contribution in [2.45, 2.75) is 85.4 Å². The minimum atomic E-state index is -0.715. The van der Waals surface area contributed by atoms with E-state index in [2.05, 4.69) is 22.3 Å². The lowest BCUT2D eigenvalue weighted by Crippen LogP contribution is -2.60. The second-order valence-electron chi connectivity index (χ2n) is 11.7. The molecule has 0 aliphatic carbocycles. The van der Waals surface area contributed by atoms with Crippen LogP contribution in [-0.2, 0) is 19.1 Å². The molecule has 1 aliphatic heterocycles. The summed E-state index contributed by atoms with van der Waals surface area (Å²) in [6.45, 7) is 14.5. The van der Waals surface area contributed by atoms with Crippen LogP contribution in [-0.4, -0.2) is 73.0 Å². The summed E-state index contributed by atoms with van der Waals surface area (Å²) in [6.07, 6.45) is 3.50. The van der Waals surface area contributed by atoms with Gasteiger partial charge in [0.1, 0.15) is 6.04 Å². The van der Waals surface area contributed by atoms with Crippen LogP contribution >= 0.6 is 0 Å². The zero-order chi connectivity index (χ0) is 27.9. The minimum Gasteiger partial charge on any atom is -0.463 e. The van der Waals surface area contributed by atoms with E-state index >= 15 is 0 Å². The molecule has 206 valence electrons. The first-order valence-electron chi connectivity index (χ1n) is 13.5. The van der Waals surface area contributed by atoms with Crippen molar-refractivity contribution >= 4 is 17.8 Å². The fourth-order valence-corrected chi connectivity index (χ4v) is 4.98. The van der Waals surface area contributed by atoms with E-state index < -0.39 is 11.5 Å². The zero-order valence-corrected chi connectivity index (χ0v) is 24.2. The maximum atomic E-state index is 13.9. The number of hydrogen-bond donors (Lipinski definition) is 1. The number of benzene rings is 1. The number of piperidine rings is 1. The van der Waals surface area contributed by atoms with E-state index in [-0.39, 0.29) is 35.8 Å². The Morgan fingerprint density at radius 3 is 2.35 bits per heavy atom. The Bertz CT molecular complexity index is 951. The van der Waals surface area contributed by atoms with Gasteiger partial charge in [-0.2, -0.15) is 0 Å². The van der Waals surface area contributed by atoms with Crippen molar-refractivity contribution in [2.75, 3.05) is 27.2 Å². The van der Waals surface area contributed by atoms with Gasteiger partial charge >= 0.3 is 5.97 Å². The topological polar surface area (TPSA) is 79.0 Å². The molecule has 0 saturated carbocycles. The van der Waals surface area contributed by atoms with Crippen LogP contribution in [0.25, 0.3) is 0 Å². The van der Waals surface area contributed by atoms with E-state index in [1.807, 2.05) is 59.9 Å². The van der Waals surface area contributed by atoms with Crippen LogP contribution in [0.2, 0.25) is 0 Å². The van der Waals surface area contributed by atoms with Crippen LogP contribution in [0.4, 0.5) is 0 Å². The zero-order valence-electron chi connectivity index (χ0n) is 24.2. The molecule has 0 aromatic heterocycles. The van der Waals surface area contributed by atoms with E-state index in [0.29, 0.717) is 24.5 Å². The van der Waals surface area contributed by atoms with Gasteiger partial charge in [-0.25, -0.2) is 4.79 Å². The van der Waals surface area contributed by atoms with Crippen LogP contribution < -0.4 is 5.32 Å². The van der Waals surface area contributed by atoms with E-state index in [1.165, 1.54) is 5.56 Å². The average Bonchev–Trinajstić information content (AvgIpc) is 2.84. The summed E-state index contributed by atoms with van der Waals surface area (Å²) >= 11 is 0. The Labute approximate surface area is 223 Å². The molecule has 1 heterocycles. The molecule has 1 aromatic rings. The van der Waals surface area contributed by atoms with Gasteiger partial charge in [0, 0.05) is 12.6 Å². The molecular formula is C30H47N3O4. The van der Waals surface area contributed by atoms with Gasteiger partial charge in [-0.3, -0.25) is 14.5 Å². The second-order valence-corrected chi connectivity index (χ2v) is 11.7. The number of carbonyl (C=O) groups excluding carboxylic acids is 3. The van der Waals surface area contributed by atoms with Crippen molar-refractivity contribution < 1.29 is 19.1 Å². The Morgan fingerprint density at radius 2 is 1.81 bits per heavy atom. The van der Waals surface area contributed by atoms with E-state index in [4.69, 9.17) is 4.74 Å². The first kappa shape index (κ1) is 30.6. The van der Waals surface area contributed by atoms with Crippen LogP contribution in [0, 0.1) is 11.3 Å². The molecule has 1 fully saturated rings. The van der Waals surface area contributed by atoms with Gasteiger partial charge in [0.2, 0.25) is 11.8 Å². The van der Waals surface area contributed by atoms with Crippen LogP contribution in [0.5, 0.6) is 0 Å². The summed E-state index contributed by atoms with van der Waals surface area (Å²) in [5, 5.41) is 3.12. The molecule has 7 heteroatoms. The second kappa shape index (κ2) is 13.2. The molecule has 1 aromatic carbocycles. The predicted octanol–water partition coefficient (Wildman–Crippen LogP) is 4.39. The smallest absolute Gasteiger partial charge is 0.333 e. The first-order chi connectivity index (χ1) is 17.3. The number of likely N-dealkylation sites (N-methyl/N-ethyl adjacent to an activating group) is 2. The molecule has 2 rings (SSSR count). The normalized spacial score (nSPS) is 20.8. The van der Waals surface area contributed by atoms with E-state index in [9.17, 15) is 14.4 Å². The molecule has 7 nitrogen and oxygen atoms in total. The van der Waals surface area contributed by atoms with Crippen LogP contribution in [0.1, 0.15) is 72.8 Å². The van der Waals surface area contributed by atoms with Gasteiger partial charge in [-0.15, -0.1) is 0 Å². The molecule has 0 bridgehead atoms. The lowest BCUT2D eigenvalue weighted by molar-refractivity contribution is -0.142. The van der Waals surface area contributed by atoms with E-state index in [0.717, 1.165) is 13.0 Å². The SMILES string of the molecule is CCOC(=O)/C(C)=C/[C@H](C(C)C)N(C)C(=O)C(NC(=O)C1C[C@@H](c2ccccc2)CCN1C)C(C)(C)C. The lowest BCUT2D eigenvalue weighted by Gasteiger charge is -2.40. The Balaban J connectivity index is 2.25. The number of ether oxygens (including phenoxy) is 1. The molecular weight excluding hydrogens is 466 g/mol. The third kappa shape index (κ3) is 8.16. The Kier molecular flexibility index (Phi) is 10.9. The highest BCUT2D eigenvalue weighted by Gasteiger charge is 2.40.